The van der Waals surface area contributed by atoms with Crippen molar-refractivity contribution in [2.24, 2.45) is 0 Å². The van der Waals surface area contributed by atoms with Crippen molar-refractivity contribution in [2.45, 2.75) is 97.2 Å². The number of carboxylic acids is 1. The molecule has 1 atom stereocenters. The second-order valence-electron chi connectivity index (χ2n) is 10.6. The molecule has 2 aromatic rings. The molecule has 7 nitrogen and oxygen atoms in total. The molecule has 38 heavy (non-hydrogen) atoms. The van der Waals surface area contributed by atoms with E-state index in [1.807, 2.05) is 65.0 Å². The van der Waals surface area contributed by atoms with Gasteiger partial charge in [0.05, 0.1) is 18.8 Å². The number of ether oxygens (including phenoxy) is 2. The normalized spacial score (nSPS) is 15.2. The molecule has 1 unspecified atom stereocenters. The van der Waals surface area contributed by atoms with Crippen LogP contribution in [0.3, 0.4) is 0 Å². The third-order valence-electron chi connectivity index (χ3n) is 7.38. The van der Waals surface area contributed by atoms with Crippen molar-refractivity contribution >= 4 is 12.0 Å². The lowest BCUT2D eigenvalue weighted by Gasteiger charge is -2.34. The lowest BCUT2D eigenvalue weighted by Crippen LogP contribution is -2.56. The molecule has 0 spiro atoms. The maximum Gasteiger partial charge on any atom is 0.329 e. The average molecular weight is 525 g/mol. The van der Waals surface area contributed by atoms with Crippen LogP contribution in [0.15, 0.2) is 42.5 Å². The van der Waals surface area contributed by atoms with E-state index in [1.54, 1.807) is 4.90 Å². The van der Waals surface area contributed by atoms with E-state index in [9.17, 15) is 14.7 Å². The zero-order chi connectivity index (χ0) is 27.7. The smallest absolute Gasteiger partial charge is 0.329 e. The predicted molar refractivity (Wildman–Crippen MR) is 150 cm³/mol. The van der Waals surface area contributed by atoms with Crippen molar-refractivity contribution in [3.05, 3.63) is 59.2 Å². The van der Waals surface area contributed by atoms with E-state index in [0.717, 1.165) is 54.7 Å². The number of rotatable bonds is 13. The van der Waals surface area contributed by atoms with Crippen molar-refractivity contribution in [3.8, 4) is 11.5 Å². The molecule has 1 saturated carbocycles. The molecule has 1 aliphatic rings. The summed E-state index contributed by atoms with van der Waals surface area (Å²) in [5.74, 6) is 0.506. The number of nitrogens with zero attached hydrogens (tertiary/aromatic N) is 1. The topological polar surface area (TPSA) is 88.1 Å². The highest BCUT2D eigenvalue weighted by atomic mass is 16.5. The first-order valence-electron chi connectivity index (χ1n) is 14.0. The number of carbonyl (C=O) groups excluding carboxylic acids is 1. The van der Waals surface area contributed by atoms with E-state index in [-0.39, 0.29) is 18.2 Å². The number of benzene rings is 2. The van der Waals surface area contributed by atoms with Gasteiger partial charge >= 0.3 is 12.0 Å². The number of urea groups is 1. The Balaban J connectivity index is 1.87. The van der Waals surface area contributed by atoms with Gasteiger partial charge in [0.15, 0.2) is 0 Å². The fourth-order valence-corrected chi connectivity index (χ4v) is 5.16. The second-order valence-corrected chi connectivity index (χ2v) is 10.6. The molecule has 2 aromatic carbocycles. The van der Waals surface area contributed by atoms with Crippen molar-refractivity contribution in [3.63, 3.8) is 0 Å². The number of unbranched alkanes of at least 4 members (excludes halogenated alkanes) is 1. The maximum absolute atomic E-state index is 13.7. The number of hydrogen-bond donors (Lipinski definition) is 2. The highest BCUT2D eigenvalue weighted by molar-refractivity contribution is 5.86. The summed E-state index contributed by atoms with van der Waals surface area (Å²) in [5, 5.41) is 12.9. The Kier molecular flexibility index (Phi) is 10.5. The van der Waals surface area contributed by atoms with Gasteiger partial charge in [-0.2, -0.15) is 0 Å². The van der Waals surface area contributed by atoms with Crippen LogP contribution >= 0.6 is 0 Å². The van der Waals surface area contributed by atoms with Gasteiger partial charge < -0.3 is 24.8 Å². The standard InChI is InChI=1S/C31H44N2O5/c1-6-37-27-20-26(21-28(23(27)4)38-22(2)3)24(5)33(19-13-10-16-25-14-8-7-9-15-25)30(36)32-31(29(34)35)17-11-12-18-31/h7-9,14-15,20-22,24H,6,10-13,16-19H2,1-5H3,(H,32,36)(H,34,35). The van der Waals surface area contributed by atoms with E-state index < -0.39 is 11.5 Å². The molecular formula is C31H44N2O5. The van der Waals surface area contributed by atoms with Gasteiger partial charge in [-0.05, 0) is 90.0 Å². The van der Waals surface area contributed by atoms with Gasteiger partial charge in [0.25, 0.3) is 0 Å². The number of carboxylic acid groups (broad SMARTS) is 1. The fourth-order valence-electron chi connectivity index (χ4n) is 5.16. The zero-order valence-electron chi connectivity index (χ0n) is 23.6. The molecule has 0 radical (unpaired) electrons. The summed E-state index contributed by atoms with van der Waals surface area (Å²) in [4.78, 5) is 27.7. The number of nitrogens with one attached hydrogen (secondary N) is 1. The van der Waals surface area contributed by atoms with E-state index in [1.165, 1.54) is 5.56 Å². The van der Waals surface area contributed by atoms with E-state index in [2.05, 4.69) is 17.4 Å². The summed E-state index contributed by atoms with van der Waals surface area (Å²) in [5.41, 5.74) is 1.88. The molecule has 3 rings (SSSR count). The Morgan fingerprint density at radius 2 is 1.71 bits per heavy atom. The lowest BCUT2D eigenvalue weighted by atomic mass is 9.98. The molecule has 208 valence electrons. The van der Waals surface area contributed by atoms with Gasteiger partial charge in [0.2, 0.25) is 0 Å². The first kappa shape index (κ1) is 29.3. The Morgan fingerprint density at radius 3 is 2.32 bits per heavy atom. The van der Waals surface area contributed by atoms with Crippen molar-refractivity contribution in [2.75, 3.05) is 13.2 Å². The van der Waals surface area contributed by atoms with Crippen LogP contribution in [0.4, 0.5) is 4.79 Å². The molecule has 7 heteroatoms. The van der Waals surface area contributed by atoms with Gasteiger partial charge in [-0.1, -0.05) is 43.2 Å². The van der Waals surface area contributed by atoms with Crippen LogP contribution in [-0.4, -0.2) is 46.8 Å². The van der Waals surface area contributed by atoms with Gasteiger partial charge in [0.1, 0.15) is 17.0 Å². The van der Waals surface area contributed by atoms with Gasteiger partial charge in [-0.25, -0.2) is 9.59 Å². The first-order valence-corrected chi connectivity index (χ1v) is 14.0. The molecule has 0 aliphatic heterocycles. The fraction of sp³-hybridized carbons (Fsp3) is 0.548. The highest BCUT2D eigenvalue weighted by Gasteiger charge is 2.43. The number of amides is 2. The molecule has 1 aliphatic carbocycles. The molecule has 0 saturated heterocycles. The highest BCUT2D eigenvalue weighted by Crippen LogP contribution is 2.36. The lowest BCUT2D eigenvalue weighted by molar-refractivity contribution is -0.144. The summed E-state index contributed by atoms with van der Waals surface area (Å²) in [7, 11) is 0. The molecule has 0 bridgehead atoms. The van der Waals surface area contributed by atoms with E-state index >= 15 is 0 Å². The van der Waals surface area contributed by atoms with Crippen molar-refractivity contribution in [1.82, 2.24) is 10.2 Å². The van der Waals surface area contributed by atoms with Crippen LogP contribution in [0, 0.1) is 6.92 Å². The number of aryl methyl sites for hydroxylation is 1. The van der Waals surface area contributed by atoms with Crippen LogP contribution < -0.4 is 14.8 Å². The van der Waals surface area contributed by atoms with Gasteiger partial charge in [-0.15, -0.1) is 0 Å². The monoisotopic (exact) mass is 524 g/mol. The van der Waals surface area contributed by atoms with E-state index in [0.29, 0.717) is 26.0 Å². The van der Waals surface area contributed by atoms with Crippen LogP contribution in [0.2, 0.25) is 0 Å². The quantitative estimate of drug-likeness (QED) is 0.286. The Morgan fingerprint density at radius 1 is 1.05 bits per heavy atom. The van der Waals surface area contributed by atoms with Gasteiger partial charge in [0, 0.05) is 12.1 Å². The molecule has 2 amide bonds. The number of hydrogen-bond acceptors (Lipinski definition) is 4. The molecule has 0 heterocycles. The maximum atomic E-state index is 13.7. The minimum absolute atomic E-state index is 0.0103. The minimum Gasteiger partial charge on any atom is -0.493 e. The third kappa shape index (κ3) is 7.42. The van der Waals surface area contributed by atoms with Crippen molar-refractivity contribution < 1.29 is 24.2 Å². The SMILES string of the molecule is CCOc1cc(C(C)N(CCCCc2ccccc2)C(=O)NC2(C(=O)O)CCCC2)cc(OC(C)C)c1C. The molecule has 0 aromatic heterocycles. The Hall–Kier alpha value is -3.22. The summed E-state index contributed by atoms with van der Waals surface area (Å²) >= 11 is 0. The summed E-state index contributed by atoms with van der Waals surface area (Å²) in [6, 6.07) is 13.6. The van der Waals surface area contributed by atoms with E-state index in [4.69, 9.17) is 9.47 Å². The van der Waals surface area contributed by atoms with Crippen LogP contribution in [0.25, 0.3) is 0 Å². The molecule has 2 N–H and O–H groups in total. The van der Waals surface area contributed by atoms with Crippen LogP contribution in [0.1, 0.15) is 89.0 Å². The Bertz CT molecular complexity index is 1060. The van der Waals surface area contributed by atoms with Gasteiger partial charge in [-0.3, -0.25) is 0 Å². The van der Waals surface area contributed by atoms with Crippen LogP contribution in [-0.2, 0) is 11.2 Å². The average Bonchev–Trinajstić information content (AvgIpc) is 3.36. The predicted octanol–water partition coefficient (Wildman–Crippen LogP) is 6.67. The number of carbonyl (C=O) groups is 2. The zero-order valence-corrected chi connectivity index (χ0v) is 23.6. The minimum atomic E-state index is -1.20. The first-order chi connectivity index (χ1) is 18.2. The Labute approximate surface area is 227 Å². The summed E-state index contributed by atoms with van der Waals surface area (Å²) < 4.78 is 12.0. The van der Waals surface area contributed by atoms with Crippen molar-refractivity contribution in [1.29, 1.82) is 0 Å². The largest absolute Gasteiger partial charge is 0.493 e. The number of aliphatic carboxylic acids is 1. The summed E-state index contributed by atoms with van der Waals surface area (Å²) in [6.45, 7) is 10.9. The second kappa shape index (κ2) is 13.5. The molecule has 1 fully saturated rings. The van der Waals surface area contributed by atoms with Crippen LogP contribution in [0.5, 0.6) is 11.5 Å². The summed E-state index contributed by atoms with van der Waals surface area (Å²) in [6.07, 6.45) is 5.14. The third-order valence-corrected chi connectivity index (χ3v) is 7.38. The molecular weight excluding hydrogens is 480 g/mol.